The Labute approximate surface area is 151 Å². The number of hydrogen-bond acceptors (Lipinski definition) is 3. The van der Waals surface area contributed by atoms with E-state index in [4.69, 9.17) is 0 Å². The second-order valence-corrected chi connectivity index (χ2v) is 8.55. The predicted molar refractivity (Wildman–Crippen MR) is 103 cm³/mol. The molecule has 0 fully saturated rings. The van der Waals surface area contributed by atoms with Gasteiger partial charge in [0, 0.05) is 25.3 Å². The van der Waals surface area contributed by atoms with Crippen molar-refractivity contribution in [1.29, 1.82) is 0 Å². The fourth-order valence-corrected chi connectivity index (χ4v) is 3.87. The molecule has 2 rings (SSSR count). The van der Waals surface area contributed by atoms with E-state index < -0.39 is 10.0 Å². The number of aryl methyl sites for hydroxylation is 1. The molecule has 25 heavy (non-hydrogen) atoms. The van der Waals surface area contributed by atoms with Gasteiger partial charge in [0.1, 0.15) is 6.04 Å². The van der Waals surface area contributed by atoms with Crippen LogP contribution in [0.2, 0.25) is 0 Å². The monoisotopic (exact) mass is 362 g/mol. The third kappa shape index (κ3) is 5.04. The molecule has 0 unspecified atom stereocenters. The van der Waals surface area contributed by atoms with Gasteiger partial charge in [-0.1, -0.05) is 24.3 Å². The van der Waals surface area contributed by atoms with E-state index in [0.717, 1.165) is 16.8 Å². The zero-order chi connectivity index (χ0) is 18.6. The highest BCUT2D eigenvalue weighted by Crippen LogP contribution is 2.17. The van der Waals surface area contributed by atoms with E-state index in [1.165, 1.54) is 4.90 Å². The van der Waals surface area contributed by atoms with Gasteiger partial charge in [-0.25, -0.2) is 13.1 Å². The second-order valence-electron chi connectivity index (χ2n) is 6.78. The molecule has 0 aliphatic heterocycles. The Bertz CT molecular complexity index is 800. The number of likely N-dealkylation sites (N-methyl/N-ethyl adjacent to an activating group) is 1. The molecule has 5 nitrogen and oxygen atoms in total. The number of nitrogens with zero attached hydrogens (tertiary/aromatic N) is 1. The molecule has 136 valence electrons. The Balaban J connectivity index is 2.17. The van der Waals surface area contributed by atoms with Crippen LogP contribution in [0.25, 0.3) is 0 Å². The van der Waals surface area contributed by atoms with Gasteiger partial charge >= 0.3 is 0 Å². The van der Waals surface area contributed by atoms with E-state index in [-0.39, 0.29) is 6.04 Å². The van der Waals surface area contributed by atoms with Gasteiger partial charge in [0.15, 0.2) is 0 Å². The summed E-state index contributed by atoms with van der Waals surface area (Å²) in [6.07, 6.45) is 0. The third-order valence-electron chi connectivity index (χ3n) is 4.29. The van der Waals surface area contributed by atoms with Crippen LogP contribution in [0, 0.1) is 6.92 Å². The van der Waals surface area contributed by atoms with Gasteiger partial charge in [-0.15, -0.1) is 0 Å². The first-order valence-electron chi connectivity index (χ1n) is 8.34. The molecule has 0 amide bonds. The van der Waals surface area contributed by atoms with Gasteiger partial charge in [0.25, 0.3) is 0 Å². The van der Waals surface area contributed by atoms with Crippen LogP contribution in [0.4, 0.5) is 5.69 Å². The Hall–Kier alpha value is -1.89. The van der Waals surface area contributed by atoms with Gasteiger partial charge in [-0.3, -0.25) is 0 Å². The molecule has 0 aliphatic rings. The predicted octanol–water partition coefficient (Wildman–Crippen LogP) is 1.23. The van der Waals surface area contributed by atoms with E-state index in [9.17, 15) is 8.42 Å². The number of nitrogens with one attached hydrogen (secondary N) is 2. The van der Waals surface area contributed by atoms with Crippen LogP contribution in [-0.4, -0.2) is 43.2 Å². The van der Waals surface area contributed by atoms with Crippen LogP contribution < -0.4 is 14.5 Å². The summed E-state index contributed by atoms with van der Waals surface area (Å²) in [6.45, 7) is 2.23. The average Bonchev–Trinajstić information content (AvgIpc) is 2.55. The minimum Gasteiger partial charge on any atom is -0.378 e. The lowest BCUT2D eigenvalue weighted by molar-refractivity contribution is -0.890. The van der Waals surface area contributed by atoms with Gasteiger partial charge in [-0.05, 0) is 36.8 Å². The Kier molecular flexibility index (Phi) is 6.21. The Morgan fingerprint density at radius 2 is 1.72 bits per heavy atom. The zero-order valence-electron chi connectivity index (χ0n) is 15.6. The lowest BCUT2D eigenvalue weighted by Crippen LogP contribution is -3.07. The summed E-state index contributed by atoms with van der Waals surface area (Å²) in [5, 5.41) is 0. The van der Waals surface area contributed by atoms with Crippen molar-refractivity contribution in [2.24, 2.45) is 0 Å². The summed E-state index contributed by atoms with van der Waals surface area (Å²) in [5.74, 6) is 0. The summed E-state index contributed by atoms with van der Waals surface area (Å²) in [7, 11) is 4.55. The van der Waals surface area contributed by atoms with Crippen molar-refractivity contribution in [3.8, 4) is 0 Å². The Morgan fingerprint density at radius 1 is 1.08 bits per heavy atom. The highest BCUT2D eigenvalue weighted by atomic mass is 32.2. The van der Waals surface area contributed by atoms with Crippen molar-refractivity contribution >= 4 is 15.7 Å². The molecule has 2 aromatic rings. The molecule has 0 aliphatic carbocycles. The summed E-state index contributed by atoms with van der Waals surface area (Å²) < 4.78 is 27.9. The number of hydrogen-bond donors (Lipinski definition) is 2. The molecule has 0 bridgehead atoms. The molecule has 0 saturated carbocycles. The van der Waals surface area contributed by atoms with Crippen LogP contribution in [0.1, 0.15) is 17.2 Å². The molecule has 6 heteroatoms. The first-order chi connectivity index (χ1) is 11.7. The molecule has 2 N–H and O–H groups in total. The van der Waals surface area contributed by atoms with Gasteiger partial charge in [-0.2, -0.15) is 0 Å². The van der Waals surface area contributed by atoms with Crippen molar-refractivity contribution < 1.29 is 13.3 Å². The maximum Gasteiger partial charge on any atom is 0.240 e. The molecule has 2 aromatic carbocycles. The fraction of sp³-hybridized carbons (Fsp3) is 0.368. The highest BCUT2D eigenvalue weighted by Gasteiger charge is 2.22. The molecule has 0 saturated heterocycles. The van der Waals surface area contributed by atoms with Crippen LogP contribution in [0.3, 0.4) is 0 Å². The third-order valence-corrected chi connectivity index (χ3v) is 5.71. The quantitative estimate of drug-likeness (QED) is 0.779. The smallest absolute Gasteiger partial charge is 0.240 e. The highest BCUT2D eigenvalue weighted by molar-refractivity contribution is 7.89. The Morgan fingerprint density at radius 3 is 2.24 bits per heavy atom. The van der Waals surface area contributed by atoms with Crippen molar-refractivity contribution in [2.45, 2.75) is 17.9 Å². The van der Waals surface area contributed by atoms with Gasteiger partial charge in [0.05, 0.1) is 25.5 Å². The molecule has 0 radical (unpaired) electrons. The van der Waals surface area contributed by atoms with Gasteiger partial charge < -0.3 is 9.80 Å². The van der Waals surface area contributed by atoms with Crippen LogP contribution in [-0.2, 0) is 10.0 Å². The zero-order valence-corrected chi connectivity index (χ0v) is 16.4. The molecule has 0 spiro atoms. The fourth-order valence-electron chi connectivity index (χ4n) is 2.72. The first kappa shape index (κ1) is 19.4. The van der Waals surface area contributed by atoms with E-state index in [2.05, 4.69) is 29.0 Å². The number of sulfonamides is 1. The van der Waals surface area contributed by atoms with Crippen molar-refractivity contribution in [3.05, 3.63) is 59.7 Å². The van der Waals surface area contributed by atoms with E-state index in [0.29, 0.717) is 11.4 Å². The summed E-state index contributed by atoms with van der Waals surface area (Å²) >= 11 is 0. The number of anilines is 1. The van der Waals surface area contributed by atoms with Gasteiger partial charge in [0.2, 0.25) is 10.0 Å². The lowest BCUT2D eigenvalue weighted by atomic mass is 10.1. The minimum atomic E-state index is -3.51. The van der Waals surface area contributed by atoms with Crippen molar-refractivity contribution in [1.82, 2.24) is 4.72 Å². The standard InChI is InChI=1S/C19H27N3O2S/c1-15-7-6-8-18(13-15)25(23,24)20-14-19(22(4)5)16-9-11-17(12-10-16)21(2)3/h6-13,19-20H,14H2,1-5H3/p+1/t19-/m1/s1. The first-order valence-corrected chi connectivity index (χ1v) is 9.82. The van der Waals surface area contributed by atoms with E-state index in [1.54, 1.807) is 18.2 Å². The largest absolute Gasteiger partial charge is 0.378 e. The minimum absolute atomic E-state index is 0.0378. The molecular formula is C19H28N3O2S+. The SMILES string of the molecule is Cc1cccc(S(=O)(=O)NC[C@H](c2ccc(N(C)C)cc2)[NH+](C)C)c1. The van der Waals surface area contributed by atoms with Crippen LogP contribution in [0.5, 0.6) is 0 Å². The molecule has 0 aromatic heterocycles. The lowest BCUT2D eigenvalue weighted by Gasteiger charge is -2.23. The summed E-state index contributed by atoms with van der Waals surface area (Å²) in [4.78, 5) is 3.52. The number of quaternary nitrogens is 1. The van der Waals surface area contributed by atoms with E-state index in [1.807, 2.05) is 46.1 Å². The van der Waals surface area contributed by atoms with E-state index >= 15 is 0 Å². The number of benzene rings is 2. The normalized spacial score (nSPS) is 13.0. The van der Waals surface area contributed by atoms with Crippen molar-refractivity contribution in [3.63, 3.8) is 0 Å². The van der Waals surface area contributed by atoms with Crippen molar-refractivity contribution in [2.75, 3.05) is 39.6 Å². The maximum atomic E-state index is 12.6. The second kappa shape index (κ2) is 7.99. The molecular weight excluding hydrogens is 334 g/mol. The number of rotatable bonds is 7. The molecule has 1 atom stereocenters. The summed E-state index contributed by atoms with van der Waals surface area (Å²) in [6, 6.07) is 15.2. The topological polar surface area (TPSA) is 53.9 Å². The van der Waals surface area contributed by atoms with Crippen LogP contribution in [0.15, 0.2) is 53.4 Å². The maximum absolute atomic E-state index is 12.6. The van der Waals surface area contributed by atoms with Crippen LogP contribution >= 0.6 is 0 Å². The average molecular weight is 363 g/mol. The summed E-state index contributed by atoms with van der Waals surface area (Å²) in [5.41, 5.74) is 3.16. The molecule has 0 heterocycles.